The number of carbonyl (C=O) groups excluding carboxylic acids is 2. The molecule has 9 heteroatoms. The predicted molar refractivity (Wildman–Crippen MR) is 99.9 cm³/mol. The summed E-state index contributed by atoms with van der Waals surface area (Å²) < 4.78 is 22.3. The summed E-state index contributed by atoms with van der Waals surface area (Å²) in [4.78, 5) is 28.4. The van der Waals surface area contributed by atoms with Gasteiger partial charge in [0.05, 0.1) is 10.2 Å². The highest BCUT2D eigenvalue weighted by molar-refractivity contribution is 7.78. The molecule has 0 aliphatic heterocycles. The molecule has 0 bridgehead atoms. The minimum Gasteiger partial charge on any atom is -0.772 e. The van der Waals surface area contributed by atoms with E-state index in [2.05, 4.69) is 15.6 Å². The van der Waals surface area contributed by atoms with Crippen molar-refractivity contribution in [3.8, 4) is 0 Å². The van der Waals surface area contributed by atoms with Crippen molar-refractivity contribution in [1.29, 1.82) is 0 Å². The van der Waals surface area contributed by atoms with Gasteiger partial charge >= 0.3 is 6.03 Å². The van der Waals surface area contributed by atoms with Crippen molar-refractivity contribution in [2.75, 3.05) is 5.32 Å². The van der Waals surface area contributed by atoms with Crippen molar-refractivity contribution in [2.24, 2.45) is 0 Å². The highest BCUT2D eigenvalue weighted by Gasteiger charge is 2.14. The van der Waals surface area contributed by atoms with Gasteiger partial charge in [0.25, 0.3) is 5.91 Å². The number of nitrogens with one attached hydrogen (secondary N) is 2. The Labute approximate surface area is 155 Å². The minimum absolute atomic E-state index is 0.0813. The van der Waals surface area contributed by atoms with Crippen LogP contribution in [0.5, 0.6) is 0 Å². The highest BCUT2D eigenvalue weighted by atomic mass is 32.2. The summed E-state index contributed by atoms with van der Waals surface area (Å²) in [6.45, 7) is 1.78. The van der Waals surface area contributed by atoms with Crippen LogP contribution in [0.15, 0.2) is 42.5 Å². The Morgan fingerprint density at radius 3 is 2.73 bits per heavy atom. The maximum atomic E-state index is 12.1. The summed E-state index contributed by atoms with van der Waals surface area (Å²) >= 11 is -0.974. The lowest BCUT2D eigenvalue weighted by Crippen LogP contribution is -2.34. The van der Waals surface area contributed by atoms with Crippen LogP contribution >= 0.6 is 11.3 Å². The first-order valence-electron chi connectivity index (χ1n) is 7.55. The molecule has 0 spiro atoms. The number of hydrogen-bond acceptors (Lipinski definition) is 6. The number of carbonyl (C=O) groups is 2. The lowest BCUT2D eigenvalue weighted by atomic mass is 10.1. The quantitative estimate of drug-likeness (QED) is 0.668. The first-order chi connectivity index (χ1) is 12.4. The molecule has 0 fully saturated rings. The zero-order valence-corrected chi connectivity index (χ0v) is 15.3. The summed E-state index contributed by atoms with van der Waals surface area (Å²) in [6.07, 6.45) is 0. The molecule has 2 N–H and O–H groups in total. The molecule has 0 radical (unpaired) electrons. The van der Waals surface area contributed by atoms with Crippen molar-refractivity contribution < 1.29 is 18.4 Å². The van der Waals surface area contributed by atoms with E-state index in [1.165, 1.54) is 11.3 Å². The van der Waals surface area contributed by atoms with Crippen LogP contribution in [-0.2, 0) is 16.8 Å². The molecule has 0 aliphatic rings. The average molecular weight is 388 g/mol. The van der Waals surface area contributed by atoms with Gasteiger partial charge in [0, 0.05) is 11.3 Å². The maximum Gasteiger partial charge on any atom is 0.327 e. The Bertz CT molecular complexity index is 1020. The summed E-state index contributed by atoms with van der Waals surface area (Å²) in [6, 6.07) is 11.3. The van der Waals surface area contributed by atoms with Gasteiger partial charge in [-0.25, -0.2) is 9.78 Å². The average Bonchev–Trinajstić information content (AvgIpc) is 2.95. The molecule has 3 aromatic rings. The van der Waals surface area contributed by atoms with Gasteiger partial charge in [0.2, 0.25) is 0 Å². The first kappa shape index (κ1) is 18.2. The fraction of sp³-hybridized carbons (Fsp3) is 0.118. The Hall–Kier alpha value is -2.62. The molecular weight excluding hydrogens is 374 g/mol. The number of urea groups is 1. The summed E-state index contributed by atoms with van der Waals surface area (Å²) in [5.74, 6) is -0.580. The molecule has 3 amide bonds. The molecule has 134 valence electrons. The Balaban J connectivity index is 1.70. The number of aryl methyl sites for hydroxylation is 1. The molecule has 1 heterocycles. The molecule has 3 rings (SSSR count). The number of imide groups is 1. The third-order valence-corrected chi connectivity index (χ3v) is 5.08. The van der Waals surface area contributed by atoms with Crippen molar-refractivity contribution in [1.82, 2.24) is 10.3 Å². The van der Waals surface area contributed by atoms with E-state index in [9.17, 15) is 18.4 Å². The maximum absolute atomic E-state index is 12.1. The van der Waals surface area contributed by atoms with Crippen molar-refractivity contribution in [3.05, 3.63) is 59.2 Å². The molecule has 26 heavy (non-hydrogen) atoms. The predicted octanol–water partition coefficient (Wildman–Crippen LogP) is 2.95. The monoisotopic (exact) mass is 388 g/mol. The van der Waals surface area contributed by atoms with Gasteiger partial charge in [-0.05, 0) is 36.2 Å². The van der Waals surface area contributed by atoms with Gasteiger partial charge in [-0.3, -0.25) is 19.6 Å². The zero-order valence-electron chi connectivity index (χ0n) is 13.6. The lowest BCUT2D eigenvalue weighted by molar-refractivity contribution is 0.0966. The molecule has 0 saturated heterocycles. The third kappa shape index (κ3) is 4.31. The van der Waals surface area contributed by atoms with Crippen LogP contribution < -0.4 is 10.6 Å². The summed E-state index contributed by atoms with van der Waals surface area (Å²) in [7, 11) is 0. The van der Waals surface area contributed by atoms with Gasteiger partial charge in [-0.1, -0.05) is 46.7 Å². The Morgan fingerprint density at radius 1 is 1.23 bits per heavy atom. The van der Waals surface area contributed by atoms with Crippen LogP contribution in [0.2, 0.25) is 0 Å². The number of rotatable bonds is 4. The fourth-order valence-corrected chi connectivity index (χ4v) is 3.75. The van der Waals surface area contributed by atoms with Crippen molar-refractivity contribution in [2.45, 2.75) is 12.7 Å². The number of fused-ring (bicyclic) bond motifs is 1. The number of aromatic nitrogens is 1. The van der Waals surface area contributed by atoms with Crippen LogP contribution in [-0.4, -0.2) is 25.7 Å². The van der Waals surface area contributed by atoms with E-state index in [4.69, 9.17) is 0 Å². The van der Waals surface area contributed by atoms with E-state index in [1.54, 1.807) is 43.3 Å². The van der Waals surface area contributed by atoms with E-state index in [0.717, 1.165) is 10.3 Å². The number of amides is 3. The van der Waals surface area contributed by atoms with Crippen LogP contribution in [0.4, 0.5) is 9.93 Å². The number of nitrogens with zero attached hydrogens (tertiary/aromatic N) is 1. The molecule has 0 aliphatic carbocycles. The molecule has 1 unspecified atom stereocenters. The number of thiazole rings is 1. The van der Waals surface area contributed by atoms with Gasteiger partial charge < -0.3 is 4.55 Å². The fourth-order valence-electron chi connectivity index (χ4n) is 2.37. The van der Waals surface area contributed by atoms with Crippen molar-refractivity contribution >= 4 is 49.7 Å². The number of hydrogen-bond donors (Lipinski definition) is 2. The normalized spacial score (nSPS) is 11.9. The van der Waals surface area contributed by atoms with Gasteiger partial charge in [0.15, 0.2) is 5.13 Å². The second-order valence-electron chi connectivity index (χ2n) is 5.49. The second-order valence-corrected chi connectivity index (χ2v) is 7.42. The van der Waals surface area contributed by atoms with E-state index in [-0.39, 0.29) is 5.75 Å². The summed E-state index contributed by atoms with van der Waals surface area (Å²) in [5, 5.41) is 5.11. The van der Waals surface area contributed by atoms with Gasteiger partial charge in [0.1, 0.15) is 0 Å². The van der Waals surface area contributed by atoms with E-state index < -0.39 is 23.0 Å². The van der Waals surface area contributed by atoms with Gasteiger partial charge in [-0.15, -0.1) is 0 Å². The summed E-state index contributed by atoms with van der Waals surface area (Å²) in [5.41, 5.74) is 2.46. The highest BCUT2D eigenvalue weighted by Crippen LogP contribution is 2.27. The number of benzene rings is 2. The van der Waals surface area contributed by atoms with Crippen LogP contribution in [0.3, 0.4) is 0 Å². The topological polar surface area (TPSA) is 111 Å². The molecular formula is C17H14N3O4S2-. The molecule has 1 atom stereocenters. The smallest absolute Gasteiger partial charge is 0.327 e. The van der Waals surface area contributed by atoms with Crippen LogP contribution in [0.25, 0.3) is 10.2 Å². The first-order valence-corrected chi connectivity index (χ1v) is 9.62. The second kappa shape index (κ2) is 7.73. The zero-order chi connectivity index (χ0) is 18.7. The van der Waals surface area contributed by atoms with E-state index >= 15 is 0 Å². The van der Waals surface area contributed by atoms with Gasteiger partial charge in [-0.2, -0.15) is 0 Å². The van der Waals surface area contributed by atoms with Crippen LogP contribution in [0.1, 0.15) is 21.5 Å². The van der Waals surface area contributed by atoms with Crippen molar-refractivity contribution in [3.63, 3.8) is 0 Å². The Kier molecular flexibility index (Phi) is 5.40. The van der Waals surface area contributed by atoms with E-state index in [0.29, 0.717) is 21.8 Å². The van der Waals surface area contributed by atoms with E-state index in [1.807, 2.05) is 6.07 Å². The standard InChI is InChI=1S/C17H15N3O4S2/c1-10-4-2-3-5-12(10)15(21)19-16(22)20-17-18-13-7-6-11(9-26(23)24)8-14(13)25-17/h2-8H,9H2,1H3,(H,23,24)(H2,18,19,20,21,22)/p-1. The molecule has 2 aromatic carbocycles. The SMILES string of the molecule is Cc1ccccc1C(=O)NC(=O)Nc1nc2ccc(CS(=O)[O-])cc2s1. The minimum atomic E-state index is -2.17. The lowest BCUT2D eigenvalue weighted by Gasteiger charge is -2.06. The number of anilines is 1. The molecule has 0 saturated carbocycles. The molecule has 1 aromatic heterocycles. The third-order valence-electron chi connectivity index (χ3n) is 3.57. The van der Waals surface area contributed by atoms with Crippen LogP contribution in [0, 0.1) is 6.92 Å². The molecule has 7 nitrogen and oxygen atoms in total. The Morgan fingerprint density at radius 2 is 2.00 bits per heavy atom. The largest absolute Gasteiger partial charge is 0.772 e.